The first kappa shape index (κ1) is 21.7. The zero-order chi connectivity index (χ0) is 17.2. The molecule has 0 saturated heterocycles. The lowest BCUT2D eigenvalue weighted by molar-refractivity contribution is 0.0203. The van der Waals surface area contributed by atoms with Crippen LogP contribution in [0.4, 0.5) is 0 Å². The van der Waals surface area contributed by atoms with Crippen LogP contribution in [-0.4, -0.2) is 91.2 Å². The topological polar surface area (TPSA) is 151 Å². The van der Waals surface area contributed by atoms with Crippen LogP contribution in [0.15, 0.2) is 0 Å². The Morgan fingerprint density at radius 1 is 0.818 bits per heavy atom. The standard InChI is InChI=1S/C10H24N2O8S2/c1-21(15,16)19-5-3-11-7-9(13)10(14)8-12-4-6-20-22(2,17)18/h9-14H,3-8H2,1-2H3/t9-,10-/m0/s1. The van der Waals surface area contributed by atoms with Gasteiger partial charge in [-0.3, -0.25) is 8.37 Å². The maximum atomic E-state index is 10.7. The smallest absolute Gasteiger partial charge is 0.264 e. The molecule has 0 spiro atoms. The van der Waals surface area contributed by atoms with Crippen LogP contribution >= 0.6 is 0 Å². The molecule has 4 N–H and O–H groups in total. The molecule has 0 aliphatic rings. The molecule has 0 rings (SSSR count). The minimum absolute atomic E-state index is 0.0514. The Bertz CT molecular complexity index is 447. The third-order valence-corrected chi connectivity index (χ3v) is 3.49. The number of aliphatic hydroxyl groups excluding tert-OH is 2. The molecule has 134 valence electrons. The van der Waals surface area contributed by atoms with Crippen molar-refractivity contribution >= 4 is 20.2 Å². The monoisotopic (exact) mass is 364 g/mol. The third kappa shape index (κ3) is 14.6. The summed E-state index contributed by atoms with van der Waals surface area (Å²) >= 11 is 0. The summed E-state index contributed by atoms with van der Waals surface area (Å²) in [5.41, 5.74) is 0. The van der Waals surface area contributed by atoms with Gasteiger partial charge in [0.25, 0.3) is 20.2 Å². The highest BCUT2D eigenvalue weighted by molar-refractivity contribution is 7.86. The normalized spacial score (nSPS) is 15.6. The van der Waals surface area contributed by atoms with E-state index in [1.807, 2.05) is 0 Å². The fourth-order valence-corrected chi connectivity index (χ4v) is 2.07. The Hall–Kier alpha value is -0.340. The summed E-state index contributed by atoms with van der Waals surface area (Å²) in [6, 6.07) is 0. The minimum Gasteiger partial charge on any atom is -0.389 e. The molecular formula is C10H24N2O8S2. The second-order valence-corrected chi connectivity index (χ2v) is 7.88. The largest absolute Gasteiger partial charge is 0.389 e. The first-order valence-corrected chi connectivity index (χ1v) is 10.1. The van der Waals surface area contributed by atoms with E-state index < -0.39 is 32.4 Å². The van der Waals surface area contributed by atoms with Gasteiger partial charge in [-0.05, 0) is 0 Å². The molecule has 0 radical (unpaired) electrons. The van der Waals surface area contributed by atoms with Crippen molar-refractivity contribution in [2.75, 3.05) is 51.9 Å². The average Bonchev–Trinajstić information content (AvgIpc) is 2.34. The quantitative estimate of drug-likeness (QED) is 0.195. The number of rotatable bonds is 13. The Morgan fingerprint density at radius 2 is 1.14 bits per heavy atom. The van der Waals surface area contributed by atoms with Gasteiger partial charge in [-0.2, -0.15) is 16.8 Å². The van der Waals surface area contributed by atoms with E-state index >= 15 is 0 Å². The number of hydrogen-bond acceptors (Lipinski definition) is 10. The molecule has 0 unspecified atom stereocenters. The van der Waals surface area contributed by atoms with Gasteiger partial charge in [0.1, 0.15) is 0 Å². The van der Waals surface area contributed by atoms with Gasteiger partial charge in [0.05, 0.1) is 37.9 Å². The van der Waals surface area contributed by atoms with Crippen molar-refractivity contribution in [2.24, 2.45) is 0 Å². The molecule has 0 amide bonds. The van der Waals surface area contributed by atoms with Crippen LogP contribution in [-0.2, 0) is 28.6 Å². The molecule has 0 aromatic rings. The minimum atomic E-state index is -3.49. The van der Waals surface area contributed by atoms with Crippen molar-refractivity contribution in [1.29, 1.82) is 0 Å². The van der Waals surface area contributed by atoms with Gasteiger partial charge >= 0.3 is 0 Å². The zero-order valence-electron chi connectivity index (χ0n) is 12.6. The van der Waals surface area contributed by atoms with Gasteiger partial charge in [0.2, 0.25) is 0 Å². The Balaban J connectivity index is 3.64. The molecule has 12 heteroatoms. The molecule has 0 aromatic heterocycles. The fraction of sp³-hybridized carbons (Fsp3) is 1.00. The van der Waals surface area contributed by atoms with Crippen molar-refractivity contribution in [3.8, 4) is 0 Å². The highest BCUT2D eigenvalue weighted by Crippen LogP contribution is 1.92. The van der Waals surface area contributed by atoms with Crippen LogP contribution < -0.4 is 10.6 Å². The molecule has 10 nitrogen and oxygen atoms in total. The molecule has 0 aliphatic carbocycles. The molecule has 22 heavy (non-hydrogen) atoms. The Kier molecular flexibility index (Phi) is 10.3. The second kappa shape index (κ2) is 10.4. The van der Waals surface area contributed by atoms with E-state index in [9.17, 15) is 27.0 Å². The van der Waals surface area contributed by atoms with E-state index in [1.165, 1.54) is 0 Å². The highest BCUT2D eigenvalue weighted by atomic mass is 32.2. The van der Waals surface area contributed by atoms with Crippen LogP contribution in [0, 0.1) is 0 Å². The molecule has 0 aliphatic heterocycles. The summed E-state index contributed by atoms with van der Waals surface area (Å²) < 4.78 is 51.7. The van der Waals surface area contributed by atoms with Crippen LogP contribution in [0.1, 0.15) is 0 Å². The molecule has 2 atom stereocenters. The zero-order valence-corrected chi connectivity index (χ0v) is 14.2. The Labute approximate surface area is 131 Å². The van der Waals surface area contributed by atoms with E-state index in [1.54, 1.807) is 0 Å². The number of hydrogen-bond donors (Lipinski definition) is 4. The van der Waals surface area contributed by atoms with E-state index in [4.69, 9.17) is 0 Å². The van der Waals surface area contributed by atoms with Crippen molar-refractivity contribution in [1.82, 2.24) is 10.6 Å². The summed E-state index contributed by atoms with van der Waals surface area (Å²) in [5.74, 6) is 0. The maximum absolute atomic E-state index is 10.7. The molecule has 0 fully saturated rings. The first-order chi connectivity index (χ1) is 10.0. The van der Waals surface area contributed by atoms with E-state index in [2.05, 4.69) is 19.0 Å². The van der Waals surface area contributed by atoms with E-state index in [0.29, 0.717) is 0 Å². The SMILES string of the molecule is CS(=O)(=O)OCCNC[C@H](O)[C@@H](O)CNCCOS(C)(=O)=O. The van der Waals surface area contributed by atoms with Gasteiger partial charge in [-0.25, -0.2) is 0 Å². The van der Waals surface area contributed by atoms with Crippen molar-refractivity contribution < 1.29 is 35.4 Å². The molecule has 0 saturated carbocycles. The van der Waals surface area contributed by atoms with Gasteiger partial charge in [-0.1, -0.05) is 0 Å². The van der Waals surface area contributed by atoms with Crippen LogP contribution in [0.25, 0.3) is 0 Å². The predicted molar refractivity (Wildman–Crippen MR) is 79.3 cm³/mol. The number of nitrogens with one attached hydrogen (secondary N) is 2. The Morgan fingerprint density at radius 3 is 1.41 bits per heavy atom. The summed E-state index contributed by atoms with van der Waals surface area (Å²) in [5, 5.41) is 24.7. The highest BCUT2D eigenvalue weighted by Gasteiger charge is 2.15. The van der Waals surface area contributed by atoms with Crippen molar-refractivity contribution in [2.45, 2.75) is 12.2 Å². The predicted octanol–water partition coefficient (Wildman–Crippen LogP) is -3.16. The lowest BCUT2D eigenvalue weighted by atomic mass is 10.2. The average molecular weight is 364 g/mol. The number of aliphatic hydroxyl groups is 2. The first-order valence-electron chi connectivity index (χ1n) is 6.47. The fourth-order valence-electron chi connectivity index (χ4n) is 1.30. The van der Waals surface area contributed by atoms with Crippen LogP contribution in [0.5, 0.6) is 0 Å². The summed E-state index contributed by atoms with van der Waals surface area (Å²) in [6.45, 7) is 0.371. The summed E-state index contributed by atoms with van der Waals surface area (Å²) in [7, 11) is -6.97. The molecule has 0 heterocycles. The van der Waals surface area contributed by atoms with Gasteiger partial charge in [0, 0.05) is 26.2 Å². The second-order valence-electron chi connectivity index (χ2n) is 4.60. The maximum Gasteiger partial charge on any atom is 0.264 e. The van der Waals surface area contributed by atoms with E-state index in [-0.39, 0.29) is 39.4 Å². The van der Waals surface area contributed by atoms with Crippen molar-refractivity contribution in [3.05, 3.63) is 0 Å². The molecule has 0 bridgehead atoms. The lowest BCUT2D eigenvalue weighted by Gasteiger charge is -2.18. The van der Waals surface area contributed by atoms with Gasteiger partial charge in [-0.15, -0.1) is 0 Å². The summed E-state index contributed by atoms with van der Waals surface area (Å²) in [4.78, 5) is 0. The van der Waals surface area contributed by atoms with E-state index in [0.717, 1.165) is 12.5 Å². The van der Waals surface area contributed by atoms with Crippen LogP contribution in [0.3, 0.4) is 0 Å². The lowest BCUT2D eigenvalue weighted by Crippen LogP contribution is -2.43. The third-order valence-electron chi connectivity index (χ3n) is 2.30. The molecule has 0 aromatic carbocycles. The molecular weight excluding hydrogens is 340 g/mol. The van der Waals surface area contributed by atoms with Gasteiger partial charge < -0.3 is 20.8 Å². The van der Waals surface area contributed by atoms with Gasteiger partial charge in [0.15, 0.2) is 0 Å². The summed E-state index contributed by atoms with van der Waals surface area (Å²) in [6.07, 6.45) is -0.265. The van der Waals surface area contributed by atoms with Crippen molar-refractivity contribution in [3.63, 3.8) is 0 Å². The van der Waals surface area contributed by atoms with Crippen LogP contribution in [0.2, 0.25) is 0 Å².